The van der Waals surface area contributed by atoms with E-state index in [0.717, 1.165) is 16.9 Å². The molecule has 0 bridgehead atoms. The maximum Gasteiger partial charge on any atom is 0.290 e. The highest BCUT2D eigenvalue weighted by atomic mass is 16.3. The SMILES string of the molecule is Cc1ccc(C(=O)N(Cc2ccccc2)Cc2ccccc2)o1. The van der Waals surface area contributed by atoms with Gasteiger partial charge in [-0.25, -0.2) is 0 Å². The molecule has 0 aliphatic carbocycles. The molecule has 116 valence electrons. The number of carbonyl (C=O) groups excluding carboxylic acids is 1. The van der Waals surface area contributed by atoms with Gasteiger partial charge in [0, 0.05) is 13.1 Å². The highest BCUT2D eigenvalue weighted by molar-refractivity contribution is 5.91. The summed E-state index contributed by atoms with van der Waals surface area (Å²) in [7, 11) is 0. The molecule has 2 aromatic carbocycles. The normalized spacial score (nSPS) is 10.5. The number of carbonyl (C=O) groups is 1. The summed E-state index contributed by atoms with van der Waals surface area (Å²) in [4.78, 5) is 14.6. The summed E-state index contributed by atoms with van der Waals surface area (Å²) in [5.74, 6) is 1.04. The quantitative estimate of drug-likeness (QED) is 0.698. The topological polar surface area (TPSA) is 33.5 Å². The fraction of sp³-hybridized carbons (Fsp3) is 0.150. The maximum absolute atomic E-state index is 12.8. The highest BCUT2D eigenvalue weighted by Gasteiger charge is 2.19. The average Bonchev–Trinajstić information content (AvgIpc) is 3.02. The summed E-state index contributed by atoms with van der Waals surface area (Å²) in [5, 5.41) is 0. The Morgan fingerprint density at radius 1 is 0.826 bits per heavy atom. The maximum atomic E-state index is 12.8. The van der Waals surface area contributed by atoms with Crippen molar-refractivity contribution in [1.82, 2.24) is 4.90 Å². The van der Waals surface area contributed by atoms with Crippen molar-refractivity contribution in [2.45, 2.75) is 20.0 Å². The van der Waals surface area contributed by atoms with E-state index in [1.807, 2.05) is 78.6 Å². The molecule has 0 saturated heterocycles. The van der Waals surface area contributed by atoms with Crippen LogP contribution in [0.1, 0.15) is 27.4 Å². The lowest BCUT2D eigenvalue weighted by Gasteiger charge is -2.22. The molecule has 3 heteroatoms. The minimum Gasteiger partial charge on any atom is -0.456 e. The molecule has 0 N–H and O–H groups in total. The first kappa shape index (κ1) is 15.1. The lowest BCUT2D eigenvalue weighted by Crippen LogP contribution is -2.29. The number of furan rings is 1. The summed E-state index contributed by atoms with van der Waals surface area (Å²) >= 11 is 0. The van der Waals surface area contributed by atoms with Gasteiger partial charge in [-0.15, -0.1) is 0 Å². The van der Waals surface area contributed by atoms with E-state index < -0.39 is 0 Å². The third-order valence-corrected chi connectivity index (χ3v) is 3.67. The number of hydrogen-bond acceptors (Lipinski definition) is 2. The van der Waals surface area contributed by atoms with Crippen molar-refractivity contribution in [3.8, 4) is 0 Å². The van der Waals surface area contributed by atoms with Gasteiger partial charge in [-0.1, -0.05) is 60.7 Å². The van der Waals surface area contributed by atoms with Crippen molar-refractivity contribution in [1.29, 1.82) is 0 Å². The number of benzene rings is 2. The van der Waals surface area contributed by atoms with Crippen LogP contribution in [0.2, 0.25) is 0 Å². The van der Waals surface area contributed by atoms with Crippen molar-refractivity contribution in [3.63, 3.8) is 0 Å². The molecule has 0 saturated carbocycles. The lowest BCUT2D eigenvalue weighted by atomic mass is 10.1. The average molecular weight is 305 g/mol. The molecular formula is C20H19NO2. The van der Waals surface area contributed by atoms with E-state index in [0.29, 0.717) is 18.8 Å². The standard InChI is InChI=1S/C20H19NO2/c1-16-12-13-19(23-16)20(22)21(14-17-8-4-2-5-9-17)15-18-10-6-3-7-11-18/h2-13H,14-15H2,1H3. The number of rotatable bonds is 5. The van der Waals surface area contributed by atoms with Crippen LogP contribution in [0.15, 0.2) is 77.2 Å². The first-order valence-corrected chi connectivity index (χ1v) is 7.66. The van der Waals surface area contributed by atoms with Gasteiger partial charge in [-0.2, -0.15) is 0 Å². The molecule has 0 aliphatic heterocycles. The van der Waals surface area contributed by atoms with Gasteiger partial charge in [0.05, 0.1) is 0 Å². The Morgan fingerprint density at radius 3 is 1.78 bits per heavy atom. The Balaban J connectivity index is 1.84. The first-order chi connectivity index (χ1) is 11.2. The number of aryl methyl sites for hydroxylation is 1. The van der Waals surface area contributed by atoms with Crippen LogP contribution in [-0.2, 0) is 13.1 Å². The minimum atomic E-state index is -0.0918. The molecule has 3 aromatic rings. The van der Waals surface area contributed by atoms with E-state index in [4.69, 9.17) is 4.42 Å². The fourth-order valence-corrected chi connectivity index (χ4v) is 2.51. The predicted molar refractivity (Wildman–Crippen MR) is 89.9 cm³/mol. The number of nitrogens with zero attached hydrogens (tertiary/aromatic N) is 1. The van der Waals surface area contributed by atoms with Crippen LogP contribution in [0.5, 0.6) is 0 Å². The summed E-state index contributed by atoms with van der Waals surface area (Å²) in [5.41, 5.74) is 2.19. The van der Waals surface area contributed by atoms with E-state index in [-0.39, 0.29) is 5.91 Å². The molecule has 0 atom stereocenters. The second-order valence-electron chi connectivity index (χ2n) is 5.54. The molecular weight excluding hydrogens is 286 g/mol. The molecule has 3 nitrogen and oxygen atoms in total. The van der Waals surface area contributed by atoms with Crippen molar-refractivity contribution in [2.24, 2.45) is 0 Å². The van der Waals surface area contributed by atoms with Crippen molar-refractivity contribution < 1.29 is 9.21 Å². The minimum absolute atomic E-state index is 0.0918. The van der Waals surface area contributed by atoms with Crippen molar-refractivity contribution in [2.75, 3.05) is 0 Å². The van der Waals surface area contributed by atoms with E-state index in [1.165, 1.54) is 0 Å². The highest BCUT2D eigenvalue weighted by Crippen LogP contribution is 2.16. The van der Waals surface area contributed by atoms with E-state index in [2.05, 4.69) is 0 Å². The van der Waals surface area contributed by atoms with Crippen molar-refractivity contribution in [3.05, 3.63) is 95.4 Å². The van der Waals surface area contributed by atoms with Crippen LogP contribution in [-0.4, -0.2) is 10.8 Å². The second kappa shape index (κ2) is 6.97. The molecule has 1 heterocycles. The predicted octanol–water partition coefficient (Wildman–Crippen LogP) is 4.43. The third kappa shape index (κ3) is 3.89. The molecule has 0 spiro atoms. The zero-order valence-corrected chi connectivity index (χ0v) is 13.1. The summed E-state index contributed by atoms with van der Waals surface area (Å²) in [6, 6.07) is 23.5. The Morgan fingerprint density at radius 2 is 1.35 bits per heavy atom. The van der Waals surface area contributed by atoms with Crippen LogP contribution < -0.4 is 0 Å². The molecule has 0 radical (unpaired) electrons. The zero-order chi connectivity index (χ0) is 16.1. The van der Waals surface area contributed by atoms with E-state index in [9.17, 15) is 4.79 Å². The van der Waals surface area contributed by atoms with Gasteiger partial charge in [0.15, 0.2) is 5.76 Å². The zero-order valence-electron chi connectivity index (χ0n) is 13.1. The van der Waals surface area contributed by atoms with Gasteiger partial charge in [0.25, 0.3) is 5.91 Å². The second-order valence-corrected chi connectivity index (χ2v) is 5.54. The third-order valence-electron chi connectivity index (χ3n) is 3.67. The summed E-state index contributed by atoms with van der Waals surface area (Å²) in [6.07, 6.45) is 0. The van der Waals surface area contributed by atoms with Crippen LogP contribution in [0.4, 0.5) is 0 Å². The van der Waals surface area contributed by atoms with Crippen LogP contribution in [0.3, 0.4) is 0 Å². The Labute approximate surface area is 136 Å². The van der Waals surface area contributed by atoms with Gasteiger partial charge in [-0.05, 0) is 30.2 Å². The summed E-state index contributed by atoms with van der Waals surface area (Å²) < 4.78 is 5.51. The van der Waals surface area contributed by atoms with E-state index >= 15 is 0 Å². The Kier molecular flexibility index (Phi) is 4.57. The summed E-state index contributed by atoms with van der Waals surface area (Å²) in [6.45, 7) is 2.94. The molecule has 3 rings (SSSR count). The van der Waals surface area contributed by atoms with Gasteiger partial charge in [-0.3, -0.25) is 4.79 Å². The van der Waals surface area contributed by atoms with Gasteiger partial charge in [0.1, 0.15) is 5.76 Å². The van der Waals surface area contributed by atoms with Gasteiger partial charge < -0.3 is 9.32 Å². The van der Waals surface area contributed by atoms with E-state index in [1.54, 1.807) is 6.07 Å². The monoisotopic (exact) mass is 305 g/mol. The molecule has 0 unspecified atom stereocenters. The number of amides is 1. The van der Waals surface area contributed by atoms with Crippen LogP contribution in [0, 0.1) is 6.92 Å². The fourth-order valence-electron chi connectivity index (χ4n) is 2.51. The lowest BCUT2D eigenvalue weighted by molar-refractivity contribution is 0.0696. The smallest absolute Gasteiger partial charge is 0.290 e. The van der Waals surface area contributed by atoms with Gasteiger partial charge >= 0.3 is 0 Å². The van der Waals surface area contributed by atoms with Gasteiger partial charge in [0.2, 0.25) is 0 Å². The molecule has 1 amide bonds. The largest absolute Gasteiger partial charge is 0.456 e. The number of hydrogen-bond donors (Lipinski definition) is 0. The Hall–Kier alpha value is -2.81. The molecule has 0 aliphatic rings. The molecule has 0 fully saturated rings. The Bertz CT molecular complexity index is 721. The molecule has 23 heavy (non-hydrogen) atoms. The van der Waals surface area contributed by atoms with Crippen LogP contribution >= 0.6 is 0 Å². The van der Waals surface area contributed by atoms with Crippen molar-refractivity contribution >= 4 is 5.91 Å². The first-order valence-electron chi connectivity index (χ1n) is 7.66. The molecule has 1 aromatic heterocycles. The van der Waals surface area contributed by atoms with Crippen LogP contribution in [0.25, 0.3) is 0 Å².